The zero-order valence-corrected chi connectivity index (χ0v) is 17.3. The summed E-state index contributed by atoms with van der Waals surface area (Å²) in [4.78, 5) is 31.2. The minimum absolute atomic E-state index is 0.239. The van der Waals surface area contributed by atoms with Crippen molar-refractivity contribution in [1.29, 1.82) is 0 Å². The van der Waals surface area contributed by atoms with Crippen molar-refractivity contribution in [2.45, 2.75) is 38.1 Å². The number of benzene rings is 1. The Bertz CT molecular complexity index is 1150. The minimum atomic E-state index is -0.451. The number of fused-ring (bicyclic) bond motifs is 2. The number of carbonyl (C=O) groups is 2. The van der Waals surface area contributed by atoms with Crippen LogP contribution in [0.4, 0.5) is 0 Å². The Morgan fingerprint density at radius 1 is 1.17 bits per heavy atom. The van der Waals surface area contributed by atoms with E-state index in [2.05, 4.69) is 22.8 Å². The molecule has 0 unspecified atom stereocenters. The van der Waals surface area contributed by atoms with E-state index in [4.69, 9.17) is 9.72 Å². The number of carbonyl (C=O) groups excluding carboxylic acids is 2. The Morgan fingerprint density at radius 3 is 2.83 bits per heavy atom. The number of hydrogen-bond acceptors (Lipinski definition) is 5. The smallest absolute Gasteiger partial charge is 0.339 e. The van der Waals surface area contributed by atoms with Gasteiger partial charge in [-0.25, -0.2) is 9.78 Å². The molecule has 2 aliphatic rings. The molecular weight excluding hydrogens is 396 g/mol. The molecule has 0 bridgehead atoms. The van der Waals surface area contributed by atoms with E-state index in [1.54, 1.807) is 11.3 Å². The monoisotopic (exact) mass is 418 g/mol. The molecule has 0 spiro atoms. The molecule has 0 radical (unpaired) electrons. The summed E-state index contributed by atoms with van der Waals surface area (Å²) in [7, 11) is 0. The molecule has 0 aliphatic heterocycles. The van der Waals surface area contributed by atoms with Crippen molar-refractivity contribution >= 4 is 45.8 Å². The van der Waals surface area contributed by atoms with Gasteiger partial charge in [-0.15, -0.1) is 11.3 Å². The standard InChI is InChI=1S/C24H22N2O3S/c27-21(25-16-10-11-16)14-29-24(28)22-18-7-1-2-9-20(18)26-23-15(5-3-8-19(22)23)13-17-6-4-12-30-17/h1-2,4,6-7,9,12-13,16H,3,5,8,10-11,14H2,(H,25,27)/b15-13+. The third-order valence-electron chi connectivity index (χ3n) is 5.51. The van der Waals surface area contributed by atoms with E-state index in [1.165, 1.54) is 4.88 Å². The molecule has 30 heavy (non-hydrogen) atoms. The van der Waals surface area contributed by atoms with E-state index in [0.717, 1.165) is 59.8 Å². The number of nitrogens with one attached hydrogen (secondary N) is 1. The van der Waals surface area contributed by atoms with Gasteiger partial charge in [-0.2, -0.15) is 0 Å². The minimum Gasteiger partial charge on any atom is -0.452 e. The molecule has 0 saturated heterocycles. The Labute approximate surface area is 178 Å². The Balaban J connectivity index is 1.53. The molecule has 2 aliphatic carbocycles. The topological polar surface area (TPSA) is 68.3 Å². The van der Waals surface area contributed by atoms with Gasteiger partial charge >= 0.3 is 5.97 Å². The van der Waals surface area contributed by atoms with E-state index >= 15 is 0 Å². The maximum atomic E-state index is 13.1. The molecule has 3 aromatic rings. The lowest BCUT2D eigenvalue weighted by Gasteiger charge is -2.22. The van der Waals surface area contributed by atoms with Crippen LogP contribution in [-0.2, 0) is 16.0 Å². The van der Waals surface area contributed by atoms with Crippen LogP contribution in [0.15, 0.2) is 41.8 Å². The average Bonchev–Trinajstić information content (AvgIpc) is 3.42. The van der Waals surface area contributed by atoms with Crippen LogP contribution in [0.2, 0.25) is 0 Å². The highest BCUT2D eigenvalue weighted by Crippen LogP contribution is 2.36. The molecule has 1 aromatic carbocycles. The van der Waals surface area contributed by atoms with E-state index in [0.29, 0.717) is 5.56 Å². The second kappa shape index (κ2) is 8.03. The van der Waals surface area contributed by atoms with Gasteiger partial charge in [0, 0.05) is 16.3 Å². The second-order valence-electron chi connectivity index (χ2n) is 7.79. The molecule has 5 nitrogen and oxygen atoms in total. The van der Waals surface area contributed by atoms with E-state index in [9.17, 15) is 9.59 Å². The number of para-hydroxylation sites is 1. The van der Waals surface area contributed by atoms with Crippen molar-refractivity contribution < 1.29 is 14.3 Å². The number of esters is 1. The summed E-state index contributed by atoms with van der Waals surface area (Å²) in [5.41, 5.74) is 4.26. The molecule has 1 N–H and O–H groups in total. The first-order chi connectivity index (χ1) is 14.7. The molecule has 152 valence electrons. The van der Waals surface area contributed by atoms with Gasteiger partial charge in [-0.1, -0.05) is 24.3 Å². The summed E-state index contributed by atoms with van der Waals surface area (Å²) in [6, 6.07) is 12.0. The van der Waals surface area contributed by atoms with Crippen molar-refractivity contribution in [3.05, 3.63) is 63.5 Å². The van der Waals surface area contributed by atoms with Crippen LogP contribution >= 0.6 is 11.3 Å². The van der Waals surface area contributed by atoms with E-state index < -0.39 is 5.97 Å². The summed E-state index contributed by atoms with van der Waals surface area (Å²) < 4.78 is 5.44. The first-order valence-electron chi connectivity index (χ1n) is 10.3. The maximum Gasteiger partial charge on any atom is 0.339 e. The molecule has 0 atom stereocenters. The Kier molecular flexibility index (Phi) is 5.09. The molecule has 1 amide bonds. The van der Waals surface area contributed by atoms with Gasteiger partial charge in [0.05, 0.1) is 16.8 Å². The van der Waals surface area contributed by atoms with Crippen molar-refractivity contribution in [1.82, 2.24) is 10.3 Å². The number of rotatable bonds is 5. The SMILES string of the molecule is O=C(COC(=O)c1c2c(nc3ccccc13)/C(=C/c1cccs1)CCC2)NC1CC1. The fourth-order valence-electron chi connectivity index (χ4n) is 3.95. The number of nitrogens with zero attached hydrogens (tertiary/aromatic N) is 1. The number of ether oxygens (including phenoxy) is 1. The highest BCUT2D eigenvalue weighted by atomic mass is 32.1. The van der Waals surface area contributed by atoms with E-state index in [1.807, 2.05) is 30.3 Å². The van der Waals surface area contributed by atoms with Gasteiger partial charge in [0.2, 0.25) is 0 Å². The van der Waals surface area contributed by atoms with Crippen molar-refractivity contribution in [3.63, 3.8) is 0 Å². The quantitative estimate of drug-likeness (QED) is 0.615. The van der Waals surface area contributed by atoms with Gasteiger partial charge in [-0.3, -0.25) is 4.79 Å². The lowest BCUT2D eigenvalue weighted by atomic mass is 9.86. The van der Waals surface area contributed by atoms with Crippen LogP contribution < -0.4 is 5.32 Å². The van der Waals surface area contributed by atoms with Gasteiger partial charge in [0.25, 0.3) is 5.91 Å². The lowest BCUT2D eigenvalue weighted by molar-refractivity contribution is -0.124. The number of pyridine rings is 1. The molecule has 2 heterocycles. The number of allylic oxidation sites excluding steroid dienone is 1. The summed E-state index contributed by atoms with van der Waals surface area (Å²) in [6.45, 7) is -0.251. The molecular formula is C24H22N2O3S. The zero-order valence-electron chi connectivity index (χ0n) is 16.5. The predicted octanol–water partition coefficient (Wildman–Crippen LogP) is 4.61. The van der Waals surface area contributed by atoms with Crippen LogP contribution in [0.1, 0.15) is 52.2 Å². The van der Waals surface area contributed by atoms with Crippen LogP contribution in [-0.4, -0.2) is 29.5 Å². The first kappa shape index (κ1) is 19.0. The largest absolute Gasteiger partial charge is 0.452 e. The van der Waals surface area contributed by atoms with Gasteiger partial charge < -0.3 is 10.1 Å². The summed E-state index contributed by atoms with van der Waals surface area (Å²) in [5.74, 6) is -0.690. The molecule has 1 fully saturated rings. The molecule has 1 saturated carbocycles. The van der Waals surface area contributed by atoms with E-state index in [-0.39, 0.29) is 18.6 Å². The Morgan fingerprint density at radius 2 is 2.03 bits per heavy atom. The third kappa shape index (κ3) is 3.87. The fourth-order valence-corrected chi connectivity index (χ4v) is 4.64. The number of aromatic nitrogens is 1. The molecule has 2 aromatic heterocycles. The van der Waals surface area contributed by atoms with Crippen molar-refractivity contribution in [3.8, 4) is 0 Å². The van der Waals surface area contributed by atoms with Gasteiger partial charge in [0.15, 0.2) is 6.61 Å². The number of thiophene rings is 1. The van der Waals surface area contributed by atoms with Crippen LogP contribution in [0.3, 0.4) is 0 Å². The predicted molar refractivity (Wildman–Crippen MR) is 118 cm³/mol. The Hall–Kier alpha value is -2.99. The normalized spacial score (nSPS) is 17.0. The van der Waals surface area contributed by atoms with Crippen LogP contribution in [0.5, 0.6) is 0 Å². The lowest BCUT2D eigenvalue weighted by Crippen LogP contribution is -2.30. The van der Waals surface area contributed by atoms with Crippen LogP contribution in [0.25, 0.3) is 22.6 Å². The van der Waals surface area contributed by atoms with Crippen molar-refractivity contribution in [2.24, 2.45) is 0 Å². The van der Waals surface area contributed by atoms with Gasteiger partial charge in [-0.05, 0) is 66.8 Å². The first-order valence-corrected chi connectivity index (χ1v) is 11.2. The molecule has 5 rings (SSSR count). The summed E-state index contributed by atoms with van der Waals surface area (Å²) >= 11 is 1.69. The van der Waals surface area contributed by atoms with Gasteiger partial charge in [0.1, 0.15) is 0 Å². The highest BCUT2D eigenvalue weighted by Gasteiger charge is 2.27. The zero-order chi connectivity index (χ0) is 20.5. The van der Waals surface area contributed by atoms with Crippen molar-refractivity contribution in [2.75, 3.05) is 6.61 Å². The highest BCUT2D eigenvalue weighted by molar-refractivity contribution is 7.10. The third-order valence-corrected chi connectivity index (χ3v) is 6.33. The summed E-state index contributed by atoms with van der Waals surface area (Å²) in [6.07, 6.45) is 6.82. The van der Waals surface area contributed by atoms with Crippen LogP contribution in [0, 0.1) is 0 Å². The molecule has 6 heteroatoms. The number of amides is 1. The number of hydrogen-bond donors (Lipinski definition) is 1. The summed E-state index contributed by atoms with van der Waals surface area (Å²) in [5, 5.41) is 5.69. The fraction of sp³-hybridized carbons (Fsp3) is 0.292. The maximum absolute atomic E-state index is 13.1. The average molecular weight is 419 g/mol. The second-order valence-corrected chi connectivity index (χ2v) is 8.77.